The van der Waals surface area contributed by atoms with Crippen LogP contribution in [0.4, 0.5) is 0 Å². The third-order valence-electron chi connectivity index (χ3n) is 4.09. The predicted molar refractivity (Wildman–Crippen MR) is 81.3 cm³/mol. The summed E-state index contributed by atoms with van der Waals surface area (Å²) in [5, 5.41) is 6.33. The molecule has 1 aromatic carbocycles. The molecular formula is C16H24N2O3. The maximum absolute atomic E-state index is 12.6. The first-order chi connectivity index (χ1) is 10.2. The first-order valence-electron chi connectivity index (χ1n) is 7.32. The van der Waals surface area contributed by atoms with Crippen LogP contribution in [0.1, 0.15) is 18.4 Å². The van der Waals surface area contributed by atoms with E-state index in [0.717, 1.165) is 37.2 Å². The monoisotopic (exact) mass is 292 g/mol. The number of ether oxygens (including phenoxy) is 2. The summed E-state index contributed by atoms with van der Waals surface area (Å²) in [6, 6.07) is 7.73. The Bertz CT molecular complexity index is 465. The summed E-state index contributed by atoms with van der Waals surface area (Å²) in [6.07, 6.45) is 1.61. The third-order valence-corrected chi connectivity index (χ3v) is 4.09. The zero-order valence-corrected chi connectivity index (χ0v) is 12.8. The third kappa shape index (κ3) is 3.74. The van der Waals surface area contributed by atoms with Crippen molar-refractivity contribution in [3.05, 3.63) is 29.8 Å². The summed E-state index contributed by atoms with van der Waals surface area (Å²) in [5.41, 5.74) is 0.567. The van der Waals surface area contributed by atoms with Gasteiger partial charge in [0, 0.05) is 19.2 Å². The van der Waals surface area contributed by atoms with Crippen LogP contribution in [0.3, 0.4) is 0 Å². The molecule has 0 saturated carbocycles. The molecule has 1 heterocycles. The number of carbonyl (C=O) groups excluding carboxylic acids is 1. The molecule has 1 fully saturated rings. The number of benzene rings is 1. The Morgan fingerprint density at radius 3 is 2.67 bits per heavy atom. The Hall–Kier alpha value is -1.59. The fourth-order valence-corrected chi connectivity index (χ4v) is 2.83. The van der Waals surface area contributed by atoms with Crippen molar-refractivity contribution in [3.8, 4) is 5.75 Å². The molecule has 2 N–H and O–H groups in total. The van der Waals surface area contributed by atoms with Crippen molar-refractivity contribution >= 4 is 5.91 Å². The highest BCUT2D eigenvalue weighted by molar-refractivity contribution is 5.83. The average Bonchev–Trinajstić information content (AvgIpc) is 2.54. The second-order valence-electron chi connectivity index (χ2n) is 5.46. The number of amides is 1. The van der Waals surface area contributed by atoms with Gasteiger partial charge >= 0.3 is 0 Å². The van der Waals surface area contributed by atoms with Crippen LogP contribution in [0, 0.1) is 5.41 Å². The zero-order valence-electron chi connectivity index (χ0n) is 12.8. The van der Waals surface area contributed by atoms with Gasteiger partial charge in [0.15, 0.2) is 0 Å². The molecule has 1 saturated heterocycles. The highest BCUT2D eigenvalue weighted by atomic mass is 16.5. The number of hydrogen-bond donors (Lipinski definition) is 2. The van der Waals surface area contributed by atoms with Crippen molar-refractivity contribution in [2.24, 2.45) is 5.41 Å². The van der Waals surface area contributed by atoms with Crippen LogP contribution in [0.15, 0.2) is 24.3 Å². The molecule has 1 amide bonds. The molecular weight excluding hydrogens is 268 g/mol. The van der Waals surface area contributed by atoms with E-state index in [4.69, 9.17) is 9.47 Å². The second kappa shape index (κ2) is 7.43. The lowest BCUT2D eigenvalue weighted by atomic mass is 9.78. The standard InChI is InChI=1S/C16H24N2O3/c1-20-12-16(7-9-17-10-8-16)15(19)18-11-13-5-3-4-6-14(13)21-2/h3-6,17H,7-12H2,1-2H3,(H,18,19). The summed E-state index contributed by atoms with van der Waals surface area (Å²) in [7, 11) is 3.29. The molecule has 0 atom stereocenters. The van der Waals surface area contributed by atoms with Gasteiger partial charge in [-0.3, -0.25) is 4.79 Å². The number of para-hydroxylation sites is 1. The normalized spacial score (nSPS) is 17.2. The maximum atomic E-state index is 12.6. The molecule has 1 aromatic rings. The van der Waals surface area contributed by atoms with Gasteiger partial charge in [-0.15, -0.1) is 0 Å². The molecule has 21 heavy (non-hydrogen) atoms. The SMILES string of the molecule is COCC1(C(=O)NCc2ccccc2OC)CCNCC1. The quantitative estimate of drug-likeness (QED) is 0.830. The number of nitrogens with one attached hydrogen (secondary N) is 2. The summed E-state index contributed by atoms with van der Waals surface area (Å²) in [6.45, 7) is 2.64. The zero-order chi connectivity index (χ0) is 15.1. The van der Waals surface area contributed by atoms with Crippen LogP contribution < -0.4 is 15.4 Å². The second-order valence-corrected chi connectivity index (χ2v) is 5.46. The van der Waals surface area contributed by atoms with Gasteiger partial charge in [0.2, 0.25) is 5.91 Å². The van der Waals surface area contributed by atoms with E-state index in [-0.39, 0.29) is 5.91 Å². The van der Waals surface area contributed by atoms with Crippen molar-refractivity contribution in [2.45, 2.75) is 19.4 Å². The number of carbonyl (C=O) groups is 1. The summed E-state index contributed by atoms with van der Waals surface area (Å²) in [5.74, 6) is 0.862. The summed E-state index contributed by atoms with van der Waals surface area (Å²) >= 11 is 0. The maximum Gasteiger partial charge on any atom is 0.228 e. The van der Waals surface area contributed by atoms with E-state index in [0.29, 0.717) is 13.2 Å². The summed E-state index contributed by atoms with van der Waals surface area (Å²) in [4.78, 5) is 12.6. The number of piperidine rings is 1. The van der Waals surface area contributed by atoms with Crippen molar-refractivity contribution in [3.63, 3.8) is 0 Å². The van der Waals surface area contributed by atoms with E-state index in [1.54, 1.807) is 14.2 Å². The fraction of sp³-hybridized carbons (Fsp3) is 0.562. The van der Waals surface area contributed by atoms with Gasteiger partial charge in [0.05, 0.1) is 19.1 Å². The van der Waals surface area contributed by atoms with Gasteiger partial charge in [-0.1, -0.05) is 18.2 Å². The molecule has 2 rings (SSSR count). The highest BCUT2D eigenvalue weighted by Crippen LogP contribution is 2.29. The van der Waals surface area contributed by atoms with Crippen molar-refractivity contribution < 1.29 is 14.3 Å². The van der Waals surface area contributed by atoms with E-state index in [1.165, 1.54) is 0 Å². The molecule has 0 spiro atoms. The molecule has 0 unspecified atom stereocenters. The largest absolute Gasteiger partial charge is 0.496 e. The van der Waals surface area contributed by atoms with E-state index in [9.17, 15) is 4.79 Å². The fourth-order valence-electron chi connectivity index (χ4n) is 2.83. The smallest absolute Gasteiger partial charge is 0.228 e. The predicted octanol–water partition coefficient (Wildman–Crippen LogP) is 1.33. The lowest BCUT2D eigenvalue weighted by Crippen LogP contribution is -2.49. The Kier molecular flexibility index (Phi) is 5.59. The van der Waals surface area contributed by atoms with Crippen LogP contribution in [0.25, 0.3) is 0 Å². The molecule has 5 heteroatoms. The average molecular weight is 292 g/mol. The molecule has 116 valence electrons. The van der Waals surface area contributed by atoms with E-state index < -0.39 is 5.41 Å². The molecule has 0 aromatic heterocycles. The number of rotatable bonds is 6. The van der Waals surface area contributed by atoms with Crippen molar-refractivity contribution in [1.82, 2.24) is 10.6 Å². The minimum absolute atomic E-state index is 0.0664. The van der Waals surface area contributed by atoms with Crippen molar-refractivity contribution in [1.29, 1.82) is 0 Å². The van der Waals surface area contributed by atoms with E-state index >= 15 is 0 Å². The number of hydrogen-bond acceptors (Lipinski definition) is 4. The van der Waals surface area contributed by atoms with E-state index in [2.05, 4.69) is 10.6 Å². The van der Waals surface area contributed by atoms with Crippen LogP contribution in [0.2, 0.25) is 0 Å². The Morgan fingerprint density at radius 2 is 2.00 bits per heavy atom. The molecule has 1 aliphatic rings. The van der Waals surface area contributed by atoms with Gasteiger partial charge in [0.1, 0.15) is 5.75 Å². The topological polar surface area (TPSA) is 59.6 Å². The van der Waals surface area contributed by atoms with Gasteiger partial charge in [-0.05, 0) is 32.0 Å². The Morgan fingerprint density at radius 1 is 1.29 bits per heavy atom. The molecule has 5 nitrogen and oxygen atoms in total. The van der Waals surface area contributed by atoms with Gasteiger partial charge in [-0.25, -0.2) is 0 Å². The van der Waals surface area contributed by atoms with Crippen LogP contribution in [-0.2, 0) is 16.1 Å². The molecule has 0 radical (unpaired) electrons. The molecule has 1 aliphatic heterocycles. The van der Waals surface area contributed by atoms with Crippen LogP contribution in [0.5, 0.6) is 5.75 Å². The first-order valence-corrected chi connectivity index (χ1v) is 7.32. The highest BCUT2D eigenvalue weighted by Gasteiger charge is 2.39. The van der Waals surface area contributed by atoms with Crippen LogP contribution >= 0.6 is 0 Å². The lowest BCUT2D eigenvalue weighted by Gasteiger charge is -2.35. The minimum atomic E-state index is -0.415. The first kappa shape index (κ1) is 15.8. The van der Waals surface area contributed by atoms with Gasteiger partial charge in [0.25, 0.3) is 0 Å². The van der Waals surface area contributed by atoms with E-state index in [1.807, 2.05) is 24.3 Å². The minimum Gasteiger partial charge on any atom is -0.496 e. The van der Waals surface area contributed by atoms with Crippen molar-refractivity contribution in [2.75, 3.05) is 33.9 Å². The molecule has 0 aliphatic carbocycles. The van der Waals surface area contributed by atoms with Crippen LogP contribution in [-0.4, -0.2) is 39.8 Å². The Balaban J connectivity index is 2.02. The Labute approximate surface area is 126 Å². The molecule has 0 bridgehead atoms. The lowest BCUT2D eigenvalue weighted by molar-refractivity contribution is -0.136. The summed E-state index contributed by atoms with van der Waals surface area (Å²) < 4.78 is 10.6. The van der Waals surface area contributed by atoms with Gasteiger partial charge < -0.3 is 20.1 Å². The number of methoxy groups -OCH3 is 2. The van der Waals surface area contributed by atoms with Gasteiger partial charge in [-0.2, -0.15) is 0 Å².